The van der Waals surface area contributed by atoms with Crippen molar-refractivity contribution in [1.82, 2.24) is 9.80 Å². The van der Waals surface area contributed by atoms with Gasteiger partial charge in [-0.25, -0.2) is 0 Å². The molecule has 0 aliphatic carbocycles. The molecule has 0 spiro atoms. The van der Waals surface area contributed by atoms with Gasteiger partial charge in [0.15, 0.2) is 0 Å². The molecule has 2 aliphatic rings. The Balaban J connectivity index is 1.49. The van der Waals surface area contributed by atoms with Gasteiger partial charge >= 0.3 is 0 Å². The van der Waals surface area contributed by atoms with E-state index in [2.05, 4.69) is 48.0 Å². The van der Waals surface area contributed by atoms with E-state index in [9.17, 15) is 10.2 Å². The summed E-state index contributed by atoms with van der Waals surface area (Å²) >= 11 is 0. The average Bonchev–Trinajstić information content (AvgIpc) is 2.65. The number of aliphatic hydroxyl groups excluding tert-OH is 2. The van der Waals surface area contributed by atoms with Gasteiger partial charge in [-0.05, 0) is 50.5 Å². The van der Waals surface area contributed by atoms with Gasteiger partial charge in [0.05, 0.1) is 25.4 Å². The summed E-state index contributed by atoms with van der Waals surface area (Å²) in [5.41, 5.74) is 2.77. The van der Waals surface area contributed by atoms with Gasteiger partial charge in [0, 0.05) is 12.6 Å². The molecule has 2 N–H and O–H groups in total. The molecule has 140 valence electrons. The van der Waals surface area contributed by atoms with Crippen LogP contribution in [0, 0.1) is 0 Å². The number of ether oxygens (including phenoxy) is 1. The average molecular weight is 348 g/mol. The molecule has 2 heterocycles. The second-order valence-corrected chi connectivity index (χ2v) is 7.51. The lowest BCUT2D eigenvalue weighted by Gasteiger charge is -2.44. The molecule has 0 unspecified atom stereocenters. The minimum atomic E-state index is -0.771. The number of hydrogen-bond donors (Lipinski definition) is 2. The van der Waals surface area contributed by atoms with Gasteiger partial charge in [-0.1, -0.05) is 31.2 Å². The monoisotopic (exact) mass is 348 g/mol. The zero-order valence-electron chi connectivity index (χ0n) is 15.5. The van der Waals surface area contributed by atoms with Crippen LogP contribution < -0.4 is 0 Å². The Morgan fingerprint density at radius 1 is 1.08 bits per heavy atom. The van der Waals surface area contributed by atoms with Crippen molar-refractivity contribution >= 4 is 0 Å². The zero-order chi connectivity index (χ0) is 17.8. The minimum absolute atomic E-state index is 0.109. The summed E-state index contributed by atoms with van der Waals surface area (Å²) in [5, 5.41) is 20.1. The van der Waals surface area contributed by atoms with E-state index in [-0.39, 0.29) is 12.6 Å². The van der Waals surface area contributed by atoms with Crippen molar-refractivity contribution in [2.24, 2.45) is 0 Å². The van der Waals surface area contributed by atoms with E-state index in [1.807, 2.05) is 0 Å². The number of hydrogen-bond acceptors (Lipinski definition) is 5. The molecule has 5 heteroatoms. The highest BCUT2D eigenvalue weighted by Crippen LogP contribution is 2.23. The molecule has 5 nitrogen and oxygen atoms in total. The third-order valence-corrected chi connectivity index (χ3v) is 5.86. The number of rotatable bonds is 5. The molecule has 25 heavy (non-hydrogen) atoms. The Bertz CT molecular complexity index is 528. The number of piperidine rings is 1. The van der Waals surface area contributed by atoms with Gasteiger partial charge in [0.1, 0.15) is 6.10 Å². The number of nitrogens with zero attached hydrogens (tertiary/aromatic N) is 2. The second-order valence-electron chi connectivity index (χ2n) is 7.51. The van der Waals surface area contributed by atoms with E-state index >= 15 is 0 Å². The van der Waals surface area contributed by atoms with Gasteiger partial charge in [-0.15, -0.1) is 0 Å². The first-order chi connectivity index (χ1) is 12.1. The maximum absolute atomic E-state index is 10.2. The zero-order valence-corrected chi connectivity index (χ0v) is 15.5. The highest BCUT2D eigenvalue weighted by Gasteiger charge is 2.37. The van der Waals surface area contributed by atoms with Crippen molar-refractivity contribution < 1.29 is 14.9 Å². The Morgan fingerprint density at radius 3 is 2.36 bits per heavy atom. The number of likely N-dealkylation sites (N-methyl/N-ethyl adjacent to an activating group) is 1. The van der Waals surface area contributed by atoms with Crippen molar-refractivity contribution in [2.45, 2.75) is 57.0 Å². The van der Waals surface area contributed by atoms with Crippen LogP contribution in [0.5, 0.6) is 0 Å². The summed E-state index contributed by atoms with van der Waals surface area (Å²) in [4.78, 5) is 4.73. The SMILES string of the molecule is CCc1ccc(CN2CCC(N(C)[C@@H]3COC[C@@H](O)[C@H]3O)CC2)cc1. The summed E-state index contributed by atoms with van der Waals surface area (Å²) in [7, 11) is 2.05. The van der Waals surface area contributed by atoms with E-state index in [1.165, 1.54) is 11.1 Å². The maximum atomic E-state index is 10.2. The third kappa shape index (κ3) is 4.60. The highest BCUT2D eigenvalue weighted by molar-refractivity contribution is 5.22. The van der Waals surface area contributed by atoms with Crippen molar-refractivity contribution in [2.75, 3.05) is 33.4 Å². The predicted molar refractivity (Wildman–Crippen MR) is 98.5 cm³/mol. The van der Waals surface area contributed by atoms with Crippen LogP contribution in [0.3, 0.4) is 0 Å². The number of benzene rings is 1. The van der Waals surface area contributed by atoms with Gasteiger partial charge in [-0.3, -0.25) is 9.80 Å². The fourth-order valence-corrected chi connectivity index (χ4v) is 4.02. The quantitative estimate of drug-likeness (QED) is 0.839. The van der Waals surface area contributed by atoms with Crippen LogP contribution in [0.15, 0.2) is 24.3 Å². The highest BCUT2D eigenvalue weighted by atomic mass is 16.5. The van der Waals surface area contributed by atoms with Crippen molar-refractivity contribution in [3.05, 3.63) is 35.4 Å². The Labute approximate surface area is 151 Å². The van der Waals surface area contributed by atoms with E-state index in [0.29, 0.717) is 12.6 Å². The normalized spacial score (nSPS) is 29.2. The third-order valence-electron chi connectivity index (χ3n) is 5.86. The van der Waals surface area contributed by atoms with Crippen LogP contribution in [-0.2, 0) is 17.7 Å². The summed E-state index contributed by atoms with van der Waals surface area (Å²) in [6.45, 7) is 6.06. The summed E-state index contributed by atoms with van der Waals surface area (Å²) < 4.78 is 5.43. The lowest BCUT2D eigenvalue weighted by molar-refractivity contribution is -0.137. The van der Waals surface area contributed by atoms with E-state index in [1.54, 1.807) is 0 Å². The van der Waals surface area contributed by atoms with Crippen LogP contribution >= 0.6 is 0 Å². The number of aryl methyl sites for hydroxylation is 1. The van der Waals surface area contributed by atoms with Gasteiger partial charge in [0.2, 0.25) is 0 Å². The smallest absolute Gasteiger partial charge is 0.105 e. The van der Waals surface area contributed by atoms with Crippen LogP contribution in [0.2, 0.25) is 0 Å². The molecule has 0 amide bonds. The molecule has 2 fully saturated rings. The van der Waals surface area contributed by atoms with E-state index < -0.39 is 12.2 Å². The van der Waals surface area contributed by atoms with Gasteiger partial charge in [0.25, 0.3) is 0 Å². The summed E-state index contributed by atoms with van der Waals surface area (Å²) in [6.07, 6.45) is 1.77. The topological polar surface area (TPSA) is 56.2 Å². The van der Waals surface area contributed by atoms with Crippen molar-refractivity contribution in [3.63, 3.8) is 0 Å². The lowest BCUT2D eigenvalue weighted by atomic mass is 9.97. The Kier molecular flexibility index (Phi) is 6.47. The maximum Gasteiger partial charge on any atom is 0.105 e. The van der Waals surface area contributed by atoms with Crippen molar-refractivity contribution in [1.29, 1.82) is 0 Å². The Hall–Kier alpha value is -0.980. The molecule has 1 aromatic rings. The molecular weight excluding hydrogens is 316 g/mol. The molecule has 0 bridgehead atoms. The molecule has 0 saturated carbocycles. The molecule has 3 rings (SSSR count). The van der Waals surface area contributed by atoms with E-state index in [4.69, 9.17) is 4.74 Å². The van der Waals surface area contributed by atoms with E-state index in [0.717, 1.165) is 38.9 Å². The largest absolute Gasteiger partial charge is 0.389 e. The first-order valence-corrected chi connectivity index (χ1v) is 9.54. The fourth-order valence-electron chi connectivity index (χ4n) is 4.02. The minimum Gasteiger partial charge on any atom is -0.389 e. The summed E-state index contributed by atoms with van der Waals surface area (Å²) in [6, 6.07) is 9.27. The van der Waals surface area contributed by atoms with Crippen LogP contribution in [-0.4, -0.2) is 77.7 Å². The number of likely N-dealkylation sites (tertiary alicyclic amines) is 1. The molecular formula is C20H32N2O3. The van der Waals surface area contributed by atoms with Gasteiger partial charge < -0.3 is 14.9 Å². The molecule has 1 aromatic carbocycles. The second kappa shape index (κ2) is 8.60. The van der Waals surface area contributed by atoms with Crippen LogP contribution in [0.25, 0.3) is 0 Å². The molecule has 0 aromatic heterocycles. The standard InChI is InChI=1S/C20H32N2O3/c1-3-15-4-6-16(7-5-15)12-22-10-8-17(9-11-22)21(2)18-13-25-14-19(23)20(18)24/h4-7,17-20,23-24H,3,8-14H2,1-2H3/t18-,19-,20+/m1/s1. The predicted octanol–water partition coefficient (Wildman–Crippen LogP) is 1.27. The first-order valence-electron chi connectivity index (χ1n) is 9.54. The van der Waals surface area contributed by atoms with Crippen molar-refractivity contribution in [3.8, 4) is 0 Å². The van der Waals surface area contributed by atoms with Crippen LogP contribution in [0.1, 0.15) is 30.9 Å². The lowest BCUT2D eigenvalue weighted by Crippen LogP contribution is -2.58. The molecule has 2 aliphatic heterocycles. The Morgan fingerprint density at radius 2 is 1.72 bits per heavy atom. The molecule has 2 saturated heterocycles. The van der Waals surface area contributed by atoms with Gasteiger partial charge in [-0.2, -0.15) is 0 Å². The molecule has 0 radical (unpaired) electrons. The summed E-state index contributed by atoms with van der Waals surface area (Å²) in [5.74, 6) is 0. The fraction of sp³-hybridized carbons (Fsp3) is 0.700. The molecule has 3 atom stereocenters. The van der Waals surface area contributed by atoms with Crippen LogP contribution in [0.4, 0.5) is 0 Å². The first kappa shape index (κ1) is 18.8. The number of aliphatic hydroxyl groups is 2.